The van der Waals surface area contributed by atoms with E-state index >= 15 is 0 Å². The molecule has 0 radical (unpaired) electrons. The van der Waals surface area contributed by atoms with Crippen molar-refractivity contribution < 1.29 is 9.59 Å². The summed E-state index contributed by atoms with van der Waals surface area (Å²) < 4.78 is 0. The number of likely N-dealkylation sites (N-methyl/N-ethyl adjacent to an activating group) is 1. The van der Waals surface area contributed by atoms with E-state index in [0.717, 1.165) is 5.56 Å². The Morgan fingerprint density at radius 3 is 2.45 bits per heavy atom. The van der Waals surface area contributed by atoms with E-state index in [1.807, 2.05) is 6.92 Å². The molecular formula is C13H17Cl2N3O2. The lowest BCUT2D eigenvalue weighted by atomic mass is 10.1. The van der Waals surface area contributed by atoms with Crippen molar-refractivity contribution in [1.82, 2.24) is 4.90 Å². The molecule has 2 amide bonds. The summed E-state index contributed by atoms with van der Waals surface area (Å²) in [5.41, 5.74) is 11.4. The van der Waals surface area contributed by atoms with E-state index in [2.05, 4.69) is 0 Å². The summed E-state index contributed by atoms with van der Waals surface area (Å²) in [7, 11) is 1.60. The van der Waals surface area contributed by atoms with Crippen LogP contribution >= 0.6 is 23.2 Å². The van der Waals surface area contributed by atoms with Gasteiger partial charge in [0.25, 0.3) is 0 Å². The van der Waals surface area contributed by atoms with Crippen LogP contribution in [-0.2, 0) is 9.59 Å². The van der Waals surface area contributed by atoms with Gasteiger partial charge in [-0.1, -0.05) is 29.3 Å². The third-order valence-electron chi connectivity index (χ3n) is 3.08. The van der Waals surface area contributed by atoms with Crippen LogP contribution < -0.4 is 11.5 Å². The van der Waals surface area contributed by atoms with Gasteiger partial charge in [0, 0.05) is 17.1 Å². The molecule has 1 aromatic rings. The van der Waals surface area contributed by atoms with Crippen LogP contribution in [-0.4, -0.2) is 29.8 Å². The number of hydrogen-bond donors (Lipinski definition) is 2. The predicted molar refractivity (Wildman–Crippen MR) is 79.4 cm³/mol. The van der Waals surface area contributed by atoms with Crippen molar-refractivity contribution in [1.29, 1.82) is 0 Å². The number of halogens is 2. The molecule has 1 aromatic carbocycles. The predicted octanol–water partition coefficient (Wildman–Crippen LogP) is 1.72. The van der Waals surface area contributed by atoms with Crippen LogP contribution in [0.1, 0.15) is 24.9 Å². The second-order valence-corrected chi connectivity index (χ2v) is 5.41. The van der Waals surface area contributed by atoms with Gasteiger partial charge in [-0.3, -0.25) is 9.59 Å². The van der Waals surface area contributed by atoms with Crippen molar-refractivity contribution in [3.8, 4) is 0 Å². The van der Waals surface area contributed by atoms with E-state index in [1.54, 1.807) is 25.2 Å². The topological polar surface area (TPSA) is 89.4 Å². The molecule has 20 heavy (non-hydrogen) atoms. The van der Waals surface area contributed by atoms with Crippen LogP contribution in [0, 0.1) is 0 Å². The number of carbonyl (C=O) groups excluding carboxylic acids is 2. The smallest absolute Gasteiger partial charge is 0.240 e. The molecule has 0 saturated carbocycles. The van der Waals surface area contributed by atoms with Gasteiger partial charge in [0.2, 0.25) is 11.8 Å². The Morgan fingerprint density at radius 2 is 1.95 bits per heavy atom. The largest absolute Gasteiger partial charge is 0.370 e. The average molecular weight is 318 g/mol. The number of amides is 2. The van der Waals surface area contributed by atoms with Gasteiger partial charge in [-0.25, -0.2) is 0 Å². The SMILES string of the molecule is CC(c1ccc(Cl)cc1Cl)N(C)C(=O)C(N)CC(N)=O. The van der Waals surface area contributed by atoms with Crippen molar-refractivity contribution in [2.45, 2.75) is 25.4 Å². The fourth-order valence-electron chi connectivity index (χ4n) is 1.81. The summed E-state index contributed by atoms with van der Waals surface area (Å²) >= 11 is 11.9. The maximum Gasteiger partial charge on any atom is 0.240 e. The van der Waals surface area contributed by atoms with E-state index in [1.165, 1.54) is 4.90 Å². The molecule has 5 nitrogen and oxygen atoms in total. The highest BCUT2D eigenvalue weighted by Crippen LogP contribution is 2.29. The minimum absolute atomic E-state index is 0.190. The monoisotopic (exact) mass is 317 g/mol. The minimum atomic E-state index is -0.953. The molecule has 0 aliphatic carbocycles. The molecule has 4 N–H and O–H groups in total. The first-order chi connectivity index (χ1) is 9.23. The second-order valence-electron chi connectivity index (χ2n) is 4.57. The van der Waals surface area contributed by atoms with Crippen LogP contribution in [0.15, 0.2) is 18.2 Å². The van der Waals surface area contributed by atoms with Crippen molar-refractivity contribution in [3.05, 3.63) is 33.8 Å². The third-order valence-corrected chi connectivity index (χ3v) is 3.64. The molecule has 110 valence electrons. The van der Waals surface area contributed by atoms with E-state index in [9.17, 15) is 9.59 Å². The lowest BCUT2D eigenvalue weighted by Gasteiger charge is -2.28. The van der Waals surface area contributed by atoms with E-state index in [-0.39, 0.29) is 18.4 Å². The number of rotatable bonds is 5. The molecule has 1 rings (SSSR count). The molecule has 2 atom stereocenters. The molecule has 7 heteroatoms. The summed E-state index contributed by atoms with van der Waals surface area (Å²) in [5, 5.41) is 0.985. The minimum Gasteiger partial charge on any atom is -0.370 e. The molecule has 0 heterocycles. The first-order valence-electron chi connectivity index (χ1n) is 5.99. The van der Waals surface area contributed by atoms with Crippen molar-refractivity contribution in [2.75, 3.05) is 7.05 Å². The van der Waals surface area contributed by atoms with E-state index < -0.39 is 11.9 Å². The molecule has 0 fully saturated rings. The van der Waals surface area contributed by atoms with Crippen LogP contribution in [0.4, 0.5) is 0 Å². The summed E-state index contributed by atoms with van der Waals surface area (Å²) in [5.74, 6) is -0.987. The van der Waals surface area contributed by atoms with Crippen LogP contribution in [0.5, 0.6) is 0 Å². The van der Waals surface area contributed by atoms with Gasteiger partial charge in [0.15, 0.2) is 0 Å². The normalized spacial score (nSPS) is 13.7. The number of hydrogen-bond acceptors (Lipinski definition) is 3. The highest BCUT2D eigenvalue weighted by molar-refractivity contribution is 6.35. The molecule has 0 spiro atoms. The molecule has 0 aliphatic rings. The molecule has 0 aliphatic heterocycles. The molecular weight excluding hydrogens is 301 g/mol. The standard InChI is InChI=1S/C13H17Cl2N3O2/c1-7(9-4-3-8(14)5-10(9)15)18(2)13(20)11(16)6-12(17)19/h3-5,7,11H,6,16H2,1-2H3,(H2,17,19). The summed E-state index contributed by atoms with van der Waals surface area (Å²) in [6.45, 7) is 1.81. The number of primary amides is 1. The highest BCUT2D eigenvalue weighted by atomic mass is 35.5. The maximum atomic E-state index is 12.1. The van der Waals surface area contributed by atoms with Crippen LogP contribution in [0.3, 0.4) is 0 Å². The Bertz CT molecular complexity index is 522. The summed E-state index contributed by atoms with van der Waals surface area (Å²) in [6.07, 6.45) is -0.190. The molecule has 0 bridgehead atoms. The number of carbonyl (C=O) groups is 2. The van der Waals surface area contributed by atoms with Crippen molar-refractivity contribution >= 4 is 35.0 Å². The third kappa shape index (κ3) is 4.10. The number of benzene rings is 1. The first kappa shape index (κ1) is 16.8. The van der Waals surface area contributed by atoms with Crippen molar-refractivity contribution in [2.24, 2.45) is 11.5 Å². The molecule has 0 saturated heterocycles. The van der Waals surface area contributed by atoms with Gasteiger partial charge in [-0.05, 0) is 24.6 Å². The van der Waals surface area contributed by atoms with E-state index in [0.29, 0.717) is 10.0 Å². The van der Waals surface area contributed by atoms with Gasteiger partial charge in [-0.2, -0.15) is 0 Å². The Balaban J connectivity index is 2.87. The zero-order valence-corrected chi connectivity index (χ0v) is 12.8. The summed E-state index contributed by atoms with van der Waals surface area (Å²) in [6, 6.07) is 3.80. The zero-order valence-electron chi connectivity index (χ0n) is 11.3. The Morgan fingerprint density at radius 1 is 1.35 bits per heavy atom. The Hall–Kier alpha value is -1.30. The molecule has 2 unspecified atom stereocenters. The summed E-state index contributed by atoms with van der Waals surface area (Å²) in [4.78, 5) is 24.3. The number of nitrogens with zero attached hydrogens (tertiary/aromatic N) is 1. The lowest BCUT2D eigenvalue weighted by Crippen LogP contribution is -2.44. The van der Waals surface area contributed by atoms with Gasteiger partial charge in [0.1, 0.15) is 0 Å². The van der Waals surface area contributed by atoms with Crippen LogP contribution in [0.2, 0.25) is 10.0 Å². The quantitative estimate of drug-likeness (QED) is 0.866. The highest BCUT2D eigenvalue weighted by Gasteiger charge is 2.25. The zero-order chi connectivity index (χ0) is 15.4. The number of nitrogens with two attached hydrogens (primary N) is 2. The first-order valence-corrected chi connectivity index (χ1v) is 6.75. The fraction of sp³-hybridized carbons (Fsp3) is 0.385. The second kappa shape index (κ2) is 6.92. The van der Waals surface area contributed by atoms with Gasteiger partial charge < -0.3 is 16.4 Å². The van der Waals surface area contributed by atoms with Gasteiger partial charge in [0.05, 0.1) is 18.5 Å². The Labute approximate surface area is 127 Å². The molecule has 0 aromatic heterocycles. The maximum absolute atomic E-state index is 12.1. The lowest BCUT2D eigenvalue weighted by molar-refractivity contribution is -0.135. The van der Waals surface area contributed by atoms with E-state index in [4.69, 9.17) is 34.7 Å². The Kier molecular flexibility index (Phi) is 5.80. The fourth-order valence-corrected chi connectivity index (χ4v) is 2.37. The average Bonchev–Trinajstić information content (AvgIpc) is 2.35. The van der Waals surface area contributed by atoms with Gasteiger partial charge >= 0.3 is 0 Å². The van der Waals surface area contributed by atoms with Crippen LogP contribution in [0.25, 0.3) is 0 Å². The van der Waals surface area contributed by atoms with Gasteiger partial charge in [-0.15, -0.1) is 0 Å². The van der Waals surface area contributed by atoms with Crippen molar-refractivity contribution in [3.63, 3.8) is 0 Å².